The first-order valence-electron chi connectivity index (χ1n) is 7.73. The quantitative estimate of drug-likeness (QED) is 0.734. The average molecular weight is 292 g/mol. The summed E-state index contributed by atoms with van der Waals surface area (Å²) < 4.78 is 0. The molecule has 0 saturated carbocycles. The van der Waals surface area contributed by atoms with Crippen LogP contribution in [0.1, 0.15) is 39.2 Å². The molecule has 0 fully saturated rings. The standard InChI is InChI=1S/C17H28N2O2/c1-5-18-17(4,16(20)21)12-9-13-19(6-2)15-11-8-7-10-14(15)3/h7-8,10-11,18H,5-6,9,12-13H2,1-4H3,(H,20,21). The SMILES string of the molecule is CCNC(C)(CCCN(CC)c1ccccc1C)C(=O)O. The maximum Gasteiger partial charge on any atom is 0.323 e. The molecule has 1 aromatic rings. The molecule has 118 valence electrons. The van der Waals surface area contributed by atoms with Crippen molar-refractivity contribution in [2.45, 2.75) is 46.1 Å². The third-order valence-electron chi connectivity index (χ3n) is 3.98. The summed E-state index contributed by atoms with van der Waals surface area (Å²) in [5, 5.41) is 12.5. The number of aliphatic carboxylic acids is 1. The molecule has 0 radical (unpaired) electrons. The van der Waals surface area contributed by atoms with Gasteiger partial charge in [-0.15, -0.1) is 0 Å². The number of nitrogens with zero attached hydrogens (tertiary/aromatic N) is 1. The number of carboxylic acid groups (broad SMARTS) is 1. The van der Waals surface area contributed by atoms with E-state index in [2.05, 4.69) is 36.2 Å². The van der Waals surface area contributed by atoms with Crippen LogP contribution in [0.4, 0.5) is 5.69 Å². The van der Waals surface area contributed by atoms with E-state index < -0.39 is 11.5 Å². The molecule has 4 nitrogen and oxygen atoms in total. The third-order valence-corrected chi connectivity index (χ3v) is 3.98. The molecule has 0 amide bonds. The van der Waals surface area contributed by atoms with E-state index in [1.54, 1.807) is 6.92 Å². The summed E-state index contributed by atoms with van der Waals surface area (Å²) in [5.74, 6) is -0.775. The van der Waals surface area contributed by atoms with Crippen molar-refractivity contribution in [2.24, 2.45) is 0 Å². The maximum atomic E-state index is 11.4. The van der Waals surface area contributed by atoms with Gasteiger partial charge in [-0.3, -0.25) is 4.79 Å². The molecule has 0 heterocycles. The molecule has 4 heteroatoms. The number of carboxylic acids is 1. The first-order chi connectivity index (χ1) is 9.94. The lowest BCUT2D eigenvalue weighted by molar-refractivity contribution is -0.144. The van der Waals surface area contributed by atoms with Gasteiger partial charge in [-0.2, -0.15) is 0 Å². The Balaban J connectivity index is 2.64. The fraction of sp³-hybridized carbons (Fsp3) is 0.588. The minimum atomic E-state index is -0.833. The fourth-order valence-electron chi connectivity index (χ4n) is 2.65. The number of nitrogens with one attached hydrogen (secondary N) is 1. The lowest BCUT2D eigenvalue weighted by atomic mass is 9.95. The van der Waals surface area contributed by atoms with Gasteiger partial charge in [-0.05, 0) is 51.8 Å². The molecule has 0 aromatic heterocycles. The van der Waals surface area contributed by atoms with Crippen molar-refractivity contribution >= 4 is 11.7 Å². The van der Waals surface area contributed by atoms with E-state index in [1.165, 1.54) is 11.3 Å². The van der Waals surface area contributed by atoms with Crippen molar-refractivity contribution in [1.82, 2.24) is 5.32 Å². The molecular formula is C17H28N2O2. The number of rotatable bonds is 9. The molecular weight excluding hydrogens is 264 g/mol. The van der Waals surface area contributed by atoms with Gasteiger partial charge in [0.1, 0.15) is 5.54 Å². The van der Waals surface area contributed by atoms with Gasteiger partial charge in [0.25, 0.3) is 0 Å². The van der Waals surface area contributed by atoms with Crippen LogP contribution in [0.15, 0.2) is 24.3 Å². The first kappa shape index (κ1) is 17.5. The van der Waals surface area contributed by atoms with Gasteiger partial charge in [0.15, 0.2) is 0 Å². The Morgan fingerprint density at radius 1 is 1.33 bits per heavy atom. The summed E-state index contributed by atoms with van der Waals surface area (Å²) in [5.41, 5.74) is 1.66. The van der Waals surface area contributed by atoms with Crippen LogP contribution in [0.2, 0.25) is 0 Å². The number of carbonyl (C=O) groups is 1. The zero-order valence-corrected chi connectivity index (χ0v) is 13.6. The molecule has 0 bridgehead atoms. The van der Waals surface area contributed by atoms with E-state index in [1.807, 2.05) is 19.1 Å². The molecule has 0 aliphatic carbocycles. The van der Waals surface area contributed by atoms with Crippen molar-refractivity contribution in [3.63, 3.8) is 0 Å². The smallest absolute Gasteiger partial charge is 0.323 e. The van der Waals surface area contributed by atoms with Gasteiger partial charge < -0.3 is 15.3 Å². The summed E-state index contributed by atoms with van der Waals surface area (Å²) in [7, 11) is 0. The zero-order chi connectivity index (χ0) is 15.9. The molecule has 1 atom stereocenters. The summed E-state index contributed by atoms with van der Waals surface area (Å²) in [6.07, 6.45) is 1.47. The molecule has 0 aliphatic rings. The second-order valence-electron chi connectivity index (χ2n) is 5.64. The Hall–Kier alpha value is -1.55. The molecule has 1 aromatic carbocycles. The lowest BCUT2D eigenvalue weighted by Crippen LogP contribution is -2.49. The van der Waals surface area contributed by atoms with Gasteiger partial charge >= 0.3 is 5.97 Å². The van der Waals surface area contributed by atoms with Crippen molar-refractivity contribution in [1.29, 1.82) is 0 Å². The van der Waals surface area contributed by atoms with Crippen molar-refractivity contribution < 1.29 is 9.90 Å². The predicted molar refractivity (Wildman–Crippen MR) is 88.0 cm³/mol. The van der Waals surface area contributed by atoms with E-state index in [-0.39, 0.29) is 0 Å². The zero-order valence-electron chi connectivity index (χ0n) is 13.6. The van der Waals surface area contributed by atoms with Gasteiger partial charge in [-0.1, -0.05) is 25.1 Å². The minimum Gasteiger partial charge on any atom is -0.480 e. The highest BCUT2D eigenvalue weighted by Crippen LogP contribution is 2.21. The van der Waals surface area contributed by atoms with Crippen LogP contribution in [-0.2, 0) is 4.79 Å². The summed E-state index contributed by atoms with van der Waals surface area (Å²) in [4.78, 5) is 13.7. The fourth-order valence-corrected chi connectivity index (χ4v) is 2.65. The van der Waals surface area contributed by atoms with Gasteiger partial charge in [0, 0.05) is 18.8 Å². The van der Waals surface area contributed by atoms with E-state index in [9.17, 15) is 9.90 Å². The van der Waals surface area contributed by atoms with Crippen LogP contribution in [0.25, 0.3) is 0 Å². The molecule has 1 unspecified atom stereocenters. The normalized spacial score (nSPS) is 13.7. The van der Waals surface area contributed by atoms with Gasteiger partial charge in [-0.25, -0.2) is 0 Å². The number of aryl methyl sites for hydroxylation is 1. The van der Waals surface area contributed by atoms with E-state index in [4.69, 9.17) is 0 Å². The van der Waals surface area contributed by atoms with Crippen molar-refractivity contribution in [3.8, 4) is 0 Å². The first-order valence-corrected chi connectivity index (χ1v) is 7.73. The highest BCUT2D eigenvalue weighted by atomic mass is 16.4. The monoisotopic (exact) mass is 292 g/mol. The number of benzene rings is 1. The molecule has 0 aliphatic heterocycles. The summed E-state index contributed by atoms with van der Waals surface area (Å²) >= 11 is 0. The molecule has 0 spiro atoms. The number of para-hydroxylation sites is 1. The second kappa shape index (κ2) is 8.03. The highest BCUT2D eigenvalue weighted by Gasteiger charge is 2.31. The third kappa shape index (κ3) is 4.74. The minimum absolute atomic E-state index is 0.624. The van der Waals surface area contributed by atoms with Crippen LogP contribution < -0.4 is 10.2 Å². The Morgan fingerprint density at radius 2 is 2.00 bits per heavy atom. The number of hydrogen-bond acceptors (Lipinski definition) is 3. The van der Waals surface area contributed by atoms with Crippen LogP contribution in [0.5, 0.6) is 0 Å². The van der Waals surface area contributed by atoms with Gasteiger partial charge in [0.05, 0.1) is 0 Å². The predicted octanol–water partition coefficient (Wildman–Crippen LogP) is 3.05. The van der Waals surface area contributed by atoms with Gasteiger partial charge in [0.2, 0.25) is 0 Å². The van der Waals surface area contributed by atoms with Crippen molar-refractivity contribution in [3.05, 3.63) is 29.8 Å². The van der Waals surface area contributed by atoms with Crippen molar-refractivity contribution in [2.75, 3.05) is 24.5 Å². The Morgan fingerprint density at radius 3 is 2.52 bits per heavy atom. The summed E-state index contributed by atoms with van der Waals surface area (Å²) in [6, 6.07) is 8.32. The Kier molecular flexibility index (Phi) is 6.69. The maximum absolute atomic E-state index is 11.4. The second-order valence-corrected chi connectivity index (χ2v) is 5.64. The number of likely N-dealkylation sites (N-methyl/N-ethyl adjacent to an activating group) is 1. The largest absolute Gasteiger partial charge is 0.480 e. The van der Waals surface area contributed by atoms with E-state index in [0.29, 0.717) is 13.0 Å². The van der Waals surface area contributed by atoms with E-state index in [0.717, 1.165) is 19.5 Å². The average Bonchev–Trinajstić information content (AvgIpc) is 2.45. The van der Waals surface area contributed by atoms with E-state index >= 15 is 0 Å². The Bertz CT molecular complexity index is 462. The van der Waals surface area contributed by atoms with Crippen LogP contribution in [-0.4, -0.2) is 36.2 Å². The van der Waals surface area contributed by atoms with Crippen LogP contribution in [0, 0.1) is 6.92 Å². The number of anilines is 1. The topological polar surface area (TPSA) is 52.6 Å². The summed E-state index contributed by atoms with van der Waals surface area (Å²) in [6.45, 7) is 10.4. The molecule has 21 heavy (non-hydrogen) atoms. The number of hydrogen-bond donors (Lipinski definition) is 2. The molecule has 1 rings (SSSR count). The van der Waals surface area contributed by atoms with Crippen LogP contribution >= 0.6 is 0 Å². The molecule has 2 N–H and O–H groups in total. The van der Waals surface area contributed by atoms with Crippen LogP contribution in [0.3, 0.4) is 0 Å². The molecule has 0 saturated heterocycles. The highest BCUT2D eigenvalue weighted by molar-refractivity contribution is 5.78. The lowest BCUT2D eigenvalue weighted by Gasteiger charge is -2.29. The Labute approximate surface area is 128 Å².